The smallest absolute Gasteiger partial charge is 0.159 e. The van der Waals surface area contributed by atoms with E-state index >= 15 is 0 Å². The Morgan fingerprint density at radius 2 is 0.833 bits per heavy atom. The van der Waals surface area contributed by atoms with E-state index in [0.717, 1.165) is 22.6 Å². The summed E-state index contributed by atoms with van der Waals surface area (Å²) in [6.45, 7) is 9.33. The monoisotopic (exact) mass is 616 g/mol. The van der Waals surface area contributed by atoms with Crippen LogP contribution in [0.5, 0.6) is 0 Å². The van der Waals surface area contributed by atoms with Gasteiger partial charge in [-0.3, -0.25) is 0 Å². The third kappa shape index (κ3) is 4.33. The summed E-state index contributed by atoms with van der Waals surface area (Å²) in [6.07, 6.45) is 1.88. The molecule has 0 amide bonds. The van der Waals surface area contributed by atoms with Crippen LogP contribution in [0.25, 0.3) is 67.2 Å². The van der Waals surface area contributed by atoms with Crippen molar-refractivity contribution in [1.29, 1.82) is 0 Å². The number of rotatable bonds is 4. The lowest BCUT2D eigenvalue weighted by molar-refractivity contribution is 0.660. The Morgan fingerprint density at radius 3 is 1.42 bits per heavy atom. The Labute approximate surface area is 282 Å². The first-order valence-corrected chi connectivity index (χ1v) is 16.8. The van der Waals surface area contributed by atoms with Crippen molar-refractivity contribution < 1.29 is 0 Å². The molecule has 6 aromatic carbocycles. The van der Waals surface area contributed by atoms with Gasteiger partial charge in [0.2, 0.25) is 0 Å². The predicted octanol–water partition coefficient (Wildman–Crippen LogP) is 11.8. The van der Waals surface area contributed by atoms with Crippen LogP contribution >= 0.6 is 0 Å². The van der Waals surface area contributed by atoms with E-state index in [1.165, 1.54) is 66.8 Å². The molecule has 9 rings (SSSR count). The van der Waals surface area contributed by atoms with Crippen molar-refractivity contribution in [2.75, 3.05) is 0 Å². The second-order valence-corrected chi connectivity index (χ2v) is 14.3. The van der Waals surface area contributed by atoms with Crippen LogP contribution in [0.4, 0.5) is 0 Å². The van der Waals surface area contributed by atoms with Crippen LogP contribution in [0.3, 0.4) is 0 Å². The van der Waals surface area contributed by atoms with Crippen molar-refractivity contribution in [3.05, 3.63) is 168 Å². The van der Waals surface area contributed by atoms with Gasteiger partial charge in [0.1, 0.15) is 0 Å². The van der Waals surface area contributed by atoms with E-state index in [1.807, 2.05) is 12.3 Å². The third-order valence-electron chi connectivity index (χ3n) is 10.8. The second-order valence-electron chi connectivity index (χ2n) is 14.3. The highest BCUT2D eigenvalue weighted by molar-refractivity contribution is 5.85. The fourth-order valence-electron chi connectivity index (χ4n) is 8.12. The van der Waals surface area contributed by atoms with Gasteiger partial charge in [0.15, 0.2) is 5.82 Å². The van der Waals surface area contributed by atoms with Gasteiger partial charge >= 0.3 is 0 Å². The van der Waals surface area contributed by atoms with Gasteiger partial charge in [-0.25, -0.2) is 9.97 Å². The Morgan fingerprint density at radius 1 is 0.375 bits per heavy atom. The van der Waals surface area contributed by atoms with Gasteiger partial charge in [-0.15, -0.1) is 0 Å². The molecule has 2 aliphatic rings. The van der Waals surface area contributed by atoms with Crippen LogP contribution in [0.2, 0.25) is 0 Å². The van der Waals surface area contributed by atoms with Crippen LogP contribution < -0.4 is 0 Å². The first-order chi connectivity index (χ1) is 23.3. The molecule has 0 N–H and O–H groups in total. The summed E-state index contributed by atoms with van der Waals surface area (Å²) in [7, 11) is 0. The number of benzene rings is 6. The molecule has 0 radical (unpaired) electrons. The van der Waals surface area contributed by atoms with Crippen LogP contribution in [0, 0.1) is 0 Å². The molecule has 2 aliphatic carbocycles. The van der Waals surface area contributed by atoms with Crippen molar-refractivity contribution in [3.63, 3.8) is 0 Å². The molecular formula is C46H36N2. The lowest BCUT2D eigenvalue weighted by atomic mass is 9.81. The average molecular weight is 617 g/mol. The number of aromatic nitrogens is 2. The largest absolute Gasteiger partial charge is 0.237 e. The van der Waals surface area contributed by atoms with Crippen LogP contribution in [-0.4, -0.2) is 9.97 Å². The van der Waals surface area contributed by atoms with E-state index in [1.54, 1.807) is 0 Å². The maximum absolute atomic E-state index is 5.09. The Kier molecular flexibility index (Phi) is 6.23. The zero-order valence-corrected chi connectivity index (χ0v) is 27.8. The summed E-state index contributed by atoms with van der Waals surface area (Å²) in [5.41, 5.74) is 18.6. The van der Waals surface area contributed by atoms with Crippen LogP contribution in [0.15, 0.2) is 146 Å². The van der Waals surface area contributed by atoms with Gasteiger partial charge in [-0.05, 0) is 97.1 Å². The second kappa shape index (κ2) is 10.5. The molecule has 230 valence electrons. The quantitative estimate of drug-likeness (QED) is 0.197. The molecule has 0 spiro atoms. The SMILES string of the molecule is CC1(C)c2ccccc2-c2ccc(-c3cccc(-c4ccnc(-c5cccc(-c6ccc7c(c6)C(C)(C)c6ccccc6-7)c5)n4)c3)cc21. The number of hydrogen-bond acceptors (Lipinski definition) is 2. The standard InChI is InChI=1S/C46H36N2/c1-45(2)39-17-7-5-15-35(39)37-21-19-31(27-41(37)45)29-11-9-13-33(25-29)43-23-24-47-44(48-43)34-14-10-12-30(26-34)32-20-22-38-36-16-6-8-18-40(36)46(3,4)42(38)28-32/h5-28H,1-4H3. The highest BCUT2D eigenvalue weighted by Crippen LogP contribution is 2.51. The predicted molar refractivity (Wildman–Crippen MR) is 199 cm³/mol. The van der Waals surface area contributed by atoms with Crippen molar-refractivity contribution in [1.82, 2.24) is 9.97 Å². The summed E-state index contributed by atoms with van der Waals surface area (Å²) in [6, 6.07) is 50.8. The van der Waals surface area contributed by atoms with E-state index in [-0.39, 0.29) is 10.8 Å². The molecule has 48 heavy (non-hydrogen) atoms. The Balaban J connectivity index is 1.04. The van der Waals surface area contributed by atoms with E-state index in [4.69, 9.17) is 9.97 Å². The fourth-order valence-corrected chi connectivity index (χ4v) is 8.12. The normalized spacial score (nSPS) is 14.6. The van der Waals surface area contributed by atoms with Gasteiger partial charge in [-0.1, -0.05) is 137 Å². The van der Waals surface area contributed by atoms with Gasteiger partial charge < -0.3 is 0 Å². The molecule has 0 atom stereocenters. The lowest BCUT2D eigenvalue weighted by Gasteiger charge is -2.22. The minimum Gasteiger partial charge on any atom is -0.237 e. The molecule has 0 saturated carbocycles. The highest BCUT2D eigenvalue weighted by Gasteiger charge is 2.36. The van der Waals surface area contributed by atoms with E-state index in [9.17, 15) is 0 Å². The van der Waals surface area contributed by atoms with Crippen molar-refractivity contribution in [2.45, 2.75) is 38.5 Å². The summed E-state index contributed by atoms with van der Waals surface area (Å²) >= 11 is 0. The molecular weight excluding hydrogens is 581 g/mol. The Bertz CT molecular complexity index is 2250. The fraction of sp³-hybridized carbons (Fsp3) is 0.130. The van der Waals surface area contributed by atoms with Crippen LogP contribution in [0.1, 0.15) is 49.9 Å². The molecule has 0 aliphatic heterocycles. The maximum Gasteiger partial charge on any atom is 0.159 e. The molecule has 1 aromatic heterocycles. The van der Waals surface area contributed by atoms with Gasteiger partial charge in [0.25, 0.3) is 0 Å². The van der Waals surface area contributed by atoms with E-state index in [2.05, 4.69) is 161 Å². The minimum atomic E-state index is -0.0352. The summed E-state index contributed by atoms with van der Waals surface area (Å²) in [5.74, 6) is 0.727. The van der Waals surface area contributed by atoms with E-state index < -0.39 is 0 Å². The minimum absolute atomic E-state index is 0.0311. The average Bonchev–Trinajstić information content (AvgIpc) is 3.51. The first-order valence-electron chi connectivity index (χ1n) is 16.8. The molecule has 0 fully saturated rings. The molecule has 0 bridgehead atoms. The zero-order valence-electron chi connectivity index (χ0n) is 27.8. The van der Waals surface area contributed by atoms with Crippen molar-refractivity contribution in [3.8, 4) is 67.2 Å². The van der Waals surface area contributed by atoms with Crippen molar-refractivity contribution in [2.24, 2.45) is 0 Å². The third-order valence-corrected chi connectivity index (χ3v) is 10.8. The maximum atomic E-state index is 5.09. The molecule has 7 aromatic rings. The molecule has 1 heterocycles. The summed E-state index contributed by atoms with van der Waals surface area (Å²) in [5, 5.41) is 0. The Hall–Kier alpha value is -5.60. The highest BCUT2D eigenvalue weighted by atomic mass is 14.9. The zero-order chi connectivity index (χ0) is 32.6. The number of nitrogens with zero attached hydrogens (tertiary/aromatic N) is 2. The summed E-state index contributed by atoms with van der Waals surface area (Å²) < 4.78 is 0. The topological polar surface area (TPSA) is 25.8 Å². The number of fused-ring (bicyclic) bond motifs is 6. The van der Waals surface area contributed by atoms with Crippen molar-refractivity contribution >= 4 is 0 Å². The van der Waals surface area contributed by atoms with Crippen LogP contribution in [-0.2, 0) is 10.8 Å². The van der Waals surface area contributed by atoms with Gasteiger partial charge in [-0.2, -0.15) is 0 Å². The number of hydrogen-bond donors (Lipinski definition) is 0. The van der Waals surface area contributed by atoms with Gasteiger partial charge in [0, 0.05) is 28.2 Å². The first kappa shape index (κ1) is 28.6. The molecule has 2 nitrogen and oxygen atoms in total. The lowest BCUT2D eigenvalue weighted by Crippen LogP contribution is -2.14. The van der Waals surface area contributed by atoms with E-state index in [0.29, 0.717) is 0 Å². The molecule has 2 heteroatoms. The molecule has 0 saturated heterocycles. The van der Waals surface area contributed by atoms with Gasteiger partial charge in [0.05, 0.1) is 5.69 Å². The molecule has 0 unspecified atom stereocenters. The summed E-state index contributed by atoms with van der Waals surface area (Å²) in [4.78, 5) is 9.81.